The van der Waals surface area contributed by atoms with Crippen LogP contribution in [0.25, 0.3) is 0 Å². The van der Waals surface area contributed by atoms with Crippen LogP contribution in [0.5, 0.6) is 0 Å². The molecule has 0 aliphatic heterocycles. The zero-order valence-electron chi connectivity index (χ0n) is 11.4. The van der Waals surface area contributed by atoms with Crippen LogP contribution in [0, 0.1) is 0 Å². The van der Waals surface area contributed by atoms with E-state index in [1.807, 2.05) is 43.5 Å². The van der Waals surface area contributed by atoms with Gasteiger partial charge in [-0.15, -0.1) is 10.2 Å². The fraction of sp³-hybridized carbons (Fsp3) is 0.308. The number of rotatable bonds is 5. The number of carbonyl (C=O) groups excluding carboxylic acids is 1. The summed E-state index contributed by atoms with van der Waals surface area (Å²) in [4.78, 5) is 12.1. The van der Waals surface area contributed by atoms with Crippen LogP contribution < -0.4 is 11.1 Å². The second-order valence-corrected chi connectivity index (χ2v) is 5.10. The fourth-order valence-electron chi connectivity index (χ4n) is 1.86. The highest BCUT2D eigenvalue weighted by Crippen LogP contribution is 2.15. The molecule has 3 N–H and O–H groups in total. The Morgan fingerprint density at radius 2 is 2.10 bits per heavy atom. The Kier molecular flexibility index (Phi) is 4.62. The van der Waals surface area contributed by atoms with E-state index in [0.717, 1.165) is 5.56 Å². The van der Waals surface area contributed by atoms with Gasteiger partial charge >= 0.3 is 0 Å². The molecule has 0 saturated carbocycles. The minimum Gasteiger partial charge on any atom is -0.368 e. The highest BCUT2D eigenvalue weighted by Gasteiger charge is 2.14. The fourth-order valence-corrected chi connectivity index (χ4v) is 2.36. The summed E-state index contributed by atoms with van der Waals surface area (Å²) in [5.41, 5.74) is 6.76. The van der Waals surface area contributed by atoms with Gasteiger partial charge in [-0.05, 0) is 18.7 Å². The molecule has 0 spiro atoms. The second kappa shape index (κ2) is 6.42. The van der Waals surface area contributed by atoms with Crippen LogP contribution in [0.2, 0.25) is 0 Å². The molecule has 1 heterocycles. The van der Waals surface area contributed by atoms with E-state index < -0.39 is 0 Å². The van der Waals surface area contributed by atoms with Gasteiger partial charge in [0.05, 0.1) is 6.04 Å². The summed E-state index contributed by atoms with van der Waals surface area (Å²) in [6, 6.07) is 9.74. The van der Waals surface area contributed by atoms with Crippen molar-refractivity contribution in [3.63, 3.8) is 0 Å². The number of hydrogen-bond donors (Lipinski definition) is 2. The molecule has 106 valence electrons. The van der Waals surface area contributed by atoms with Crippen LogP contribution in [0.1, 0.15) is 18.5 Å². The molecule has 2 rings (SSSR count). The number of carbonyl (C=O) groups is 1. The van der Waals surface area contributed by atoms with Gasteiger partial charge in [-0.25, -0.2) is 0 Å². The van der Waals surface area contributed by atoms with E-state index >= 15 is 0 Å². The van der Waals surface area contributed by atoms with Crippen molar-refractivity contribution >= 4 is 23.6 Å². The van der Waals surface area contributed by atoms with Gasteiger partial charge in [0.25, 0.3) is 0 Å². The minimum atomic E-state index is -0.122. The Labute approximate surface area is 121 Å². The van der Waals surface area contributed by atoms with Crippen molar-refractivity contribution in [1.29, 1.82) is 0 Å². The van der Waals surface area contributed by atoms with Crippen LogP contribution in [0.3, 0.4) is 0 Å². The molecule has 0 bridgehead atoms. The van der Waals surface area contributed by atoms with Gasteiger partial charge in [-0.2, -0.15) is 0 Å². The largest absolute Gasteiger partial charge is 0.368 e. The highest BCUT2D eigenvalue weighted by molar-refractivity contribution is 7.98. The summed E-state index contributed by atoms with van der Waals surface area (Å²) in [6.45, 7) is 2.06. The van der Waals surface area contributed by atoms with Gasteiger partial charge in [0.1, 0.15) is 6.54 Å². The summed E-state index contributed by atoms with van der Waals surface area (Å²) >= 11 is 1.40. The Hall–Kier alpha value is -2.02. The topological polar surface area (TPSA) is 85.8 Å². The van der Waals surface area contributed by atoms with Crippen LogP contribution in [-0.2, 0) is 11.3 Å². The molecule has 6 nitrogen and oxygen atoms in total. The first kappa shape index (κ1) is 14.4. The van der Waals surface area contributed by atoms with Gasteiger partial charge in [-0.3, -0.25) is 9.36 Å². The molecule has 0 aliphatic rings. The van der Waals surface area contributed by atoms with E-state index in [0.29, 0.717) is 5.16 Å². The van der Waals surface area contributed by atoms with Gasteiger partial charge in [0.2, 0.25) is 11.9 Å². The molecule has 2 aromatic rings. The predicted octanol–water partition coefficient (Wildman–Crippen LogP) is 1.46. The number of nitrogens with one attached hydrogen (secondary N) is 1. The molecule has 1 aromatic heterocycles. The molecule has 20 heavy (non-hydrogen) atoms. The number of nitrogens with two attached hydrogens (primary N) is 1. The molecule has 1 aromatic carbocycles. The zero-order chi connectivity index (χ0) is 14.5. The Morgan fingerprint density at radius 3 is 2.75 bits per heavy atom. The number of aromatic nitrogens is 3. The van der Waals surface area contributed by atoms with E-state index in [-0.39, 0.29) is 24.4 Å². The highest BCUT2D eigenvalue weighted by atomic mass is 32.2. The van der Waals surface area contributed by atoms with Crippen molar-refractivity contribution in [2.24, 2.45) is 0 Å². The maximum Gasteiger partial charge on any atom is 0.240 e. The summed E-state index contributed by atoms with van der Waals surface area (Å²) in [5.74, 6) is 0.125. The first-order chi connectivity index (χ1) is 9.61. The van der Waals surface area contributed by atoms with Crippen molar-refractivity contribution in [2.45, 2.75) is 24.7 Å². The SMILES string of the molecule is CSc1nnc(N)n1CC(=O)N[C@H](C)c1ccccc1. The van der Waals surface area contributed by atoms with Crippen LogP contribution in [0.15, 0.2) is 35.5 Å². The zero-order valence-corrected chi connectivity index (χ0v) is 12.2. The molecule has 0 fully saturated rings. The van der Waals surface area contributed by atoms with Crippen molar-refractivity contribution in [3.05, 3.63) is 35.9 Å². The summed E-state index contributed by atoms with van der Waals surface area (Å²) in [6.07, 6.45) is 1.87. The quantitative estimate of drug-likeness (QED) is 0.815. The Balaban J connectivity index is 2.01. The monoisotopic (exact) mass is 291 g/mol. The molecule has 0 unspecified atom stereocenters. The Bertz CT molecular complexity index is 584. The lowest BCUT2D eigenvalue weighted by atomic mass is 10.1. The van der Waals surface area contributed by atoms with Crippen LogP contribution >= 0.6 is 11.8 Å². The average molecular weight is 291 g/mol. The molecule has 0 saturated heterocycles. The number of anilines is 1. The number of nitrogen functional groups attached to an aromatic ring is 1. The smallest absolute Gasteiger partial charge is 0.240 e. The lowest BCUT2D eigenvalue weighted by Crippen LogP contribution is -2.30. The maximum absolute atomic E-state index is 12.1. The molecule has 0 aliphatic carbocycles. The number of nitrogens with zero attached hydrogens (tertiary/aromatic N) is 3. The lowest BCUT2D eigenvalue weighted by Gasteiger charge is -2.15. The first-order valence-electron chi connectivity index (χ1n) is 6.18. The van der Waals surface area contributed by atoms with Crippen LogP contribution in [0.4, 0.5) is 5.95 Å². The third-order valence-electron chi connectivity index (χ3n) is 2.91. The minimum absolute atomic E-state index is 0.0564. The third kappa shape index (κ3) is 3.30. The third-order valence-corrected chi connectivity index (χ3v) is 3.57. The standard InChI is InChI=1S/C13H17N5OS/c1-9(10-6-4-3-5-7-10)15-11(19)8-18-12(14)16-17-13(18)20-2/h3-7,9H,8H2,1-2H3,(H2,14,16)(H,15,19)/t9-/m1/s1. The summed E-state index contributed by atoms with van der Waals surface area (Å²) in [7, 11) is 0. The molecule has 1 amide bonds. The normalized spacial score (nSPS) is 12.1. The molecular formula is C13H17N5OS. The van der Waals surface area contributed by atoms with Crippen molar-refractivity contribution in [1.82, 2.24) is 20.1 Å². The van der Waals surface area contributed by atoms with Crippen molar-refractivity contribution in [2.75, 3.05) is 12.0 Å². The van der Waals surface area contributed by atoms with E-state index in [1.165, 1.54) is 11.8 Å². The lowest BCUT2D eigenvalue weighted by molar-refractivity contribution is -0.122. The Morgan fingerprint density at radius 1 is 1.40 bits per heavy atom. The number of hydrogen-bond acceptors (Lipinski definition) is 5. The second-order valence-electron chi connectivity index (χ2n) is 4.33. The van der Waals surface area contributed by atoms with Crippen molar-refractivity contribution in [3.8, 4) is 0 Å². The van der Waals surface area contributed by atoms with E-state index in [1.54, 1.807) is 4.57 Å². The molecule has 7 heteroatoms. The maximum atomic E-state index is 12.1. The van der Waals surface area contributed by atoms with Crippen LogP contribution in [-0.4, -0.2) is 26.9 Å². The molecule has 1 atom stereocenters. The molecular weight excluding hydrogens is 274 g/mol. The van der Waals surface area contributed by atoms with E-state index in [2.05, 4.69) is 15.5 Å². The number of amides is 1. The van der Waals surface area contributed by atoms with Gasteiger partial charge in [-0.1, -0.05) is 42.1 Å². The molecule has 0 radical (unpaired) electrons. The van der Waals surface area contributed by atoms with E-state index in [4.69, 9.17) is 5.73 Å². The van der Waals surface area contributed by atoms with E-state index in [9.17, 15) is 4.79 Å². The van der Waals surface area contributed by atoms with Crippen molar-refractivity contribution < 1.29 is 4.79 Å². The van der Waals surface area contributed by atoms with Gasteiger partial charge in [0, 0.05) is 0 Å². The summed E-state index contributed by atoms with van der Waals surface area (Å²) < 4.78 is 1.59. The number of thioether (sulfide) groups is 1. The van der Waals surface area contributed by atoms with Gasteiger partial charge in [0.15, 0.2) is 5.16 Å². The first-order valence-corrected chi connectivity index (χ1v) is 7.41. The van der Waals surface area contributed by atoms with Gasteiger partial charge < -0.3 is 11.1 Å². The average Bonchev–Trinajstić information content (AvgIpc) is 2.80. The predicted molar refractivity (Wildman–Crippen MR) is 79.2 cm³/mol. The summed E-state index contributed by atoms with van der Waals surface area (Å²) in [5, 5.41) is 11.2. The number of benzene rings is 1.